The first-order valence-electron chi connectivity index (χ1n) is 4.77. The predicted octanol–water partition coefficient (Wildman–Crippen LogP) is 1.48. The largest absolute Gasteiger partial charge is 0.316 e. The van der Waals surface area contributed by atoms with Crippen molar-refractivity contribution in [3.8, 4) is 0 Å². The van der Waals surface area contributed by atoms with Gasteiger partial charge in [0, 0.05) is 19.6 Å². The summed E-state index contributed by atoms with van der Waals surface area (Å²) in [4.78, 5) is 0. The molecule has 0 aliphatic heterocycles. The zero-order chi connectivity index (χ0) is 9.78. The lowest BCUT2D eigenvalue weighted by molar-refractivity contribution is 0.653. The number of hydrogen-bond acceptors (Lipinski definition) is 2. The molecule has 2 heteroatoms. The molecule has 0 saturated heterocycles. The van der Waals surface area contributed by atoms with Crippen molar-refractivity contribution in [3.05, 3.63) is 37.0 Å². The third kappa shape index (κ3) is 11.1. The minimum atomic E-state index is 0.923. The highest BCUT2D eigenvalue weighted by molar-refractivity contribution is 5.09. The predicted molar refractivity (Wildman–Crippen MR) is 59.9 cm³/mol. The molecule has 13 heavy (non-hydrogen) atoms. The summed E-state index contributed by atoms with van der Waals surface area (Å²) in [5.41, 5.74) is 0. The van der Waals surface area contributed by atoms with Gasteiger partial charge in [-0.2, -0.15) is 0 Å². The molecule has 0 spiro atoms. The van der Waals surface area contributed by atoms with Crippen LogP contribution in [0.15, 0.2) is 37.0 Å². The van der Waals surface area contributed by atoms with Crippen molar-refractivity contribution >= 4 is 0 Å². The molecule has 0 aliphatic rings. The Bertz CT molecular complexity index is 159. The molecule has 0 aromatic carbocycles. The molecule has 0 bridgehead atoms. The summed E-state index contributed by atoms with van der Waals surface area (Å²) in [5, 5.41) is 6.53. The van der Waals surface area contributed by atoms with Crippen LogP contribution in [0.2, 0.25) is 0 Å². The molecular formula is C11H20N2. The van der Waals surface area contributed by atoms with E-state index >= 15 is 0 Å². The minimum Gasteiger partial charge on any atom is -0.316 e. The zero-order valence-electron chi connectivity index (χ0n) is 8.42. The monoisotopic (exact) mass is 180 g/mol. The molecule has 0 unspecified atom stereocenters. The molecule has 2 nitrogen and oxygen atoms in total. The molecule has 0 radical (unpaired) electrons. The molecule has 0 rings (SSSR count). The van der Waals surface area contributed by atoms with Crippen LogP contribution in [0.5, 0.6) is 0 Å². The topological polar surface area (TPSA) is 24.1 Å². The molecule has 2 N–H and O–H groups in total. The van der Waals surface area contributed by atoms with Crippen LogP contribution in [0.25, 0.3) is 0 Å². The van der Waals surface area contributed by atoms with Crippen molar-refractivity contribution in [2.24, 2.45) is 0 Å². The summed E-state index contributed by atoms with van der Waals surface area (Å²) in [6.07, 6.45) is 9.75. The average Bonchev–Trinajstić information content (AvgIpc) is 2.16. The van der Waals surface area contributed by atoms with Gasteiger partial charge in [0.2, 0.25) is 0 Å². The van der Waals surface area contributed by atoms with E-state index in [1.165, 1.54) is 0 Å². The van der Waals surface area contributed by atoms with Crippen LogP contribution in [-0.2, 0) is 0 Å². The first-order chi connectivity index (χ1) is 6.41. The maximum atomic E-state index is 3.58. The number of likely N-dealkylation sites (N-methyl/N-ethyl adjacent to an activating group) is 1. The van der Waals surface area contributed by atoms with Gasteiger partial charge in [-0.05, 0) is 6.54 Å². The lowest BCUT2D eigenvalue weighted by Gasteiger charge is -2.00. The van der Waals surface area contributed by atoms with Gasteiger partial charge < -0.3 is 10.6 Å². The fourth-order valence-corrected chi connectivity index (χ4v) is 0.828. The fraction of sp³-hybridized carbons (Fsp3) is 0.455. The van der Waals surface area contributed by atoms with Crippen LogP contribution >= 0.6 is 0 Å². The molecule has 0 fully saturated rings. The first kappa shape index (κ1) is 12.1. The maximum Gasteiger partial charge on any atom is 0.0138 e. The van der Waals surface area contributed by atoms with E-state index in [0.717, 1.165) is 26.2 Å². The Morgan fingerprint density at radius 1 is 1.08 bits per heavy atom. The van der Waals surface area contributed by atoms with E-state index in [9.17, 15) is 0 Å². The summed E-state index contributed by atoms with van der Waals surface area (Å²) in [5.74, 6) is 0. The summed E-state index contributed by atoms with van der Waals surface area (Å²) in [6.45, 7) is 9.71. The molecule has 0 heterocycles. The van der Waals surface area contributed by atoms with E-state index in [1.54, 1.807) is 6.08 Å². The highest BCUT2D eigenvalue weighted by Gasteiger charge is 1.81. The van der Waals surface area contributed by atoms with Crippen molar-refractivity contribution in [2.75, 3.05) is 26.2 Å². The lowest BCUT2D eigenvalue weighted by atomic mass is 10.4. The second kappa shape index (κ2) is 11.1. The SMILES string of the molecule is C=C/C=C\C=C/CNCCNCC. The normalized spacial score (nSPS) is 11.5. The smallest absolute Gasteiger partial charge is 0.0138 e. The molecule has 0 amide bonds. The van der Waals surface area contributed by atoms with E-state index in [0.29, 0.717) is 0 Å². The van der Waals surface area contributed by atoms with Gasteiger partial charge in [0.05, 0.1) is 0 Å². The van der Waals surface area contributed by atoms with E-state index < -0.39 is 0 Å². The second-order valence-corrected chi connectivity index (χ2v) is 2.61. The number of hydrogen-bond donors (Lipinski definition) is 2. The van der Waals surface area contributed by atoms with Gasteiger partial charge in [-0.3, -0.25) is 0 Å². The molecule has 0 saturated carbocycles. The molecule has 74 valence electrons. The highest BCUT2D eigenvalue weighted by Crippen LogP contribution is 1.76. The van der Waals surface area contributed by atoms with E-state index in [-0.39, 0.29) is 0 Å². The van der Waals surface area contributed by atoms with Crippen LogP contribution in [0.1, 0.15) is 6.92 Å². The summed E-state index contributed by atoms with van der Waals surface area (Å²) < 4.78 is 0. The number of nitrogens with one attached hydrogen (secondary N) is 2. The van der Waals surface area contributed by atoms with E-state index in [2.05, 4.69) is 30.2 Å². The Hall–Kier alpha value is -0.860. The van der Waals surface area contributed by atoms with Crippen LogP contribution in [0.3, 0.4) is 0 Å². The van der Waals surface area contributed by atoms with Gasteiger partial charge >= 0.3 is 0 Å². The third-order valence-electron chi connectivity index (χ3n) is 1.49. The number of allylic oxidation sites excluding steroid dienone is 4. The van der Waals surface area contributed by atoms with Gasteiger partial charge in [-0.15, -0.1) is 0 Å². The lowest BCUT2D eigenvalue weighted by Crippen LogP contribution is -2.27. The molecule has 0 aromatic heterocycles. The van der Waals surface area contributed by atoms with E-state index in [4.69, 9.17) is 0 Å². The van der Waals surface area contributed by atoms with Crippen LogP contribution < -0.4 is 10.6 Å². The Morgan fingerprint density at radius 2 is 1.85 bits per heavy atom. The summed E-state index contributed by atoms with van der Waals surface area (Å²) in [6, 6.07) is 0. The van der Waals surface area contributed by atoms with Gasteiger partial charge in [-0.1, -0.05) is 43.9 Å². The third-order valence-corrected chi connectivity index (χ3v) is 1.49. The van der Waals surface area contributed by atoms with Crippen molar-refractivity contribution in [2.45, 2.75) is 6.92 Å². The fourth-order valence-electron chi connectivity index (χ4n) is 0.828. The quantitative estimate of drug-likeness (QED) is 0.437. The zero-order valence-corrected chi connectivity index (χ0v) is 8.42. The summed E-state index contributed by atoms with van der Waals surface area (Å²) in [7, 11) is 0. The van der Waals surface area contributed by atoms with Crippen LogP contribution in [-0.4, -0.2) is 26.2 Å². The van der Waals surface area contributed by atoms with Crippen LogP contribution in [0.4, 0.5) is 0 Å². The molecule has 0 atom stereocenters. The Labute approximate surface area is 81.4 Å². The van der Waals surface area contributed by atoms with Gasteiger partial charge in [0.15, 0.2) is 0 Å². The van der Waals surface area contributed by atoms with Crippen LogP contribution in [0, 0.1) is 0 Å². The number of rotatable bonds is 8. The van der Waals surface area contributed by atoms with Crippen molar-refractivity contribution in [1.82, 2.24) is 10.6 Å². The van der Waals surface area contributed by atoms with Crippen molar-refractivity contribution in [1.29, 1.82) is 0 Å². The maximum absolute atomic E-state index is 3.58. The molecule has 0 aliphatic carbocycles. The minimum absolute atomic E-state index is 0.923. The Morgan fingerprint density at radius 3 is 2.54 bits per heavy atom. The van der Waals surface area contributed by atoms with Gasteiger partial charge in [0.1, 0.15) is 0 Å². The van der Waals surface area contributed by atoms with Gasteiger partial charge in [0.25, 0.3) is 0 Å². The second-order valence-electron chi connectivity index (χ2n) is 2.61. The molecular weight excluding hydrogens is 160 g/mol. The Kier molecular flexibility index (Phi) is 10.4. The summed E-state index contributed by atoms with van der Waals surface area (Å²) >= 11 is 0. The van der Waals surface area contributed by atoms with Crippen molar-refractivity contribution < 1.29 is 0 Å². The molecule has 0 aromatic rings. The first-order valence-corrected chi connectivity index (χ1v) is 4.77. The Balaban J connectivity index is 3.10. The van der Waals surface area contributed by atoms with Crippen molar-refractivity contribution in [3.63, 3.8) is 0 Å². The highest BCUT2D eigenvalue weighted by atomic mass is 14.9. The van der Waals surface area contributed by atoms with E-state index in [1.807, 2.05) is 18.2 Å². The van der Waals surface area contributed by atoms with Gasteiger partial charge in [-0.25, -0.2) is 0 Å². The average molecular weight is 180 g/mol. The standard InChI is InChI=1S/C11H20N2/c1-3-5-6-7-8-9-13-11-10-12-4-2/h3,5-8,12-13H,1,4,9-11H2,2H3/b6-5-,8-7-.